The maximum Gasteiger partial charge on any atom is 0.119 e. The first kappa shape index (κ1) is 37.9. The van der Waals surface area contributed by atoms with Crippen molar-refractivity contribution in [1.82, 2.24) is 0 Å². The molecule has 0 aliphatic heterocycles. The van der Waals surface area contributed by atoms with Crippen LogP contribution in [-0.4, -0.2) is 19.8 Å². The second-order valence-corrected chi connectivity index (χ2v) is 14.9. The highest BCUT2D eigenvalue weighted by Gasteiger charge is 2.17. The van der Waals surface area contributed by atoms with E-state index in [4.69, 9.17) is 14.2 Å². The fourth-order valence-corrected chi connectivity index (χ4v) is 7.97. The highest BCUT2D eigenvalue weighted by Crippen LogP contribution is 2.34. The fourth-order valence-electron chi connectivity index (χ4n) is 5.74. The fraction of sp³-hybridized carbons (Fsp3) is 0.571. The second kappa shape index (κ2) is 24.6. The van der Waals surface area contributed by atoms with Crippen LogP contribution in [0.4, 0.5) is 0 Å². The first-order valence-corrected chi connectivity index (χ1v) is 20.1. The molecule has 0 radical (unpaired) electrons. The van der Waals surface area contributed by atoms with E-state index in [1.807, 2.05) is 0 Å². The summed E-state index contributed by atoms with van der Waals surface area (Å²) in [5.74, 6) is 2.89. The Morgan fingerprint density at radius 1 is 0.326 bits per heavy atom. The predicted molar refractivity (Wildman–Crippen MR) is 202 cm³/mol. The van der Waals surface area contributed by atoms with Gasteiger partial charge >= 0.3 is 0 Å². The summed E-state index contributed by atoms with van der Waals surface area (Å²) in [6, 6.07) is 26.5. The molecule has 254 valence electrons. The summed E-state index contributed by atoms with van der Waals surface area (Å²) in [4.78, 5) is 0. The van der Waals surface area contributed by atoms with Gasteiger partial charge in [0.25, 0.3) is 0 Å². The van der Waals surface area contributed by atoms with Gasteiger partial charge in [-0.05, 0) is 79.5 Å². The van der Waals surface area contributed by atoms with Gasteiger partial charge in [-0.25, -0.2) is 0 Å². The summed E-state index contributed by atoms with van der Waals surface area (Å²) < 4.78 is 18.3. The molecular weight excluding hydrogens is 583 g/mol. The van der Waals surface area contributed by atoms with Crippen molar-refractivity contribution in [3.8, 4) is 17.2 Å². The number of rotatable bonds is 27. The van der Waals surface area contributed by atoms with Crippen LogP contribution in [0.3, 0.4) is 0 Å². The van der Waals surface area contributed by atoms with Crippen LogP contribution in [-0.2, 0) is 0 Å². The van der Waals surface area contributed by atoms with Crippen LogP contribution in [0.2, 0.25) is 0 Å². The molecule has 0 spiro atoms. The monoisotopic (exact) mass is 646 g/mol. The van der Waals surface area contributed by atoms with Crippen LogP contribution in [0, 0.1) is 0 Å². The smallest absolute Gasteiger partial charge is 0.119 e. The summed E-state index contributed by atoms with van der Waals surface area (Å²) in [6.45, 7) is 9.17. The number of benzene rings is 3. The maximum absolute atomic E-state index is 6.11. The van der Waals surface area contributed by atoms with Crippen LogP contribution < -0.4 is 30.1 Å². The molecule has 3 aromatic carbocycles. The van der Waals surface area contributed by atoms with Crippen molar-refractivity contribution in [3.05, 3.63) is 72.8 Å². The van der Waals surface area contributed by atoms with E-state index >= 15 is 0 Å². The Hall–Kier alpha value is -2.51. The molecule has 0 aliphatic rings. The van der Waals surface area contributed by atoms with E-state index in [-0.39, 0.29) is 0 Å². The third kappa shape index (κ3) is 15.4. The van der Waals surface area contributed by atoms with Gasteiger partial charge in [0.15, 0.2) is 0 Å². The van der Waals surface area contributed by atoms with Gasteiger partial charge in [-0.15, -0.1) is 0 Å². The molecule has 3 rings (SSSR count). The van der Waals surface area contributed by atoms with E-state index in [2.05, 4.69) is 93.6 Å². The van der Waals surface area contributed by atoms with Crippen LogP contribution in [0.25, 0.3) is 0 Å². The predicted octanol–water partition coefficient (Wildman–Crippen LogP) is 11.7. The summed E-state index contributed by atoms with van der Waals surface area (Å²) in [7, 11) is -0.724. The van der Waals surface area contributed by atoms with Crippen LogP contribution in [0.5, 0.6) is 17.2 Å². The Morgan fingerprint density at radius 3 is 0.826 bits per heavy atom. The molecule has 0 amide bonds. The van der Waals surface area contributed by atoms with Crippen LogP contribution >= 0.6 is 7.92 Å². The summed E-state index contributed by atoms with van der Waals surface area (Å²) in [5, 5.41) is 3.97. The van der Waals surface area contributed by atoms with Crippen molar-refractivity contribution in [3.63, 3.8) is 0 Å². The SMILES string of the molecule is CCCCCCCCOc1ccc(P(c2ccc(OCCCCCCCC)cc2)c2ccc(OCCCCCCCC)cc2)cc1. The van der Waals surface area contributed by atoms with Crippen molar-refractivity contribution in [1.29, 1.82) is 0 Å². The normalized spacial score (nSPS) is 11.2. The van der Waals surface area contributed by atoms with Gasteiger partial charge in [-0.3, -0.25) is 0 Å². The Balaban J connectivity index is 1.62. The topological polar surface area (TPSA) is 27.7 Å². The summed E-state index contributed by atoms with van der Waals surface area (Å²) in [5.41, 5.74) is 0. The van der Waals surface area contributed by atoms with E-state index in [0.29, 0.717) is 0 Å². The molecule has 0 aliphatic carbocycles. The van der Waals surface area contributed by atoms with Gasteiger partial charge < -0.3 is 14.2 Å². The lowest BCUT2D eigenvalue weighted by Gasteiger charge is -2.20. The number of hydrogen-bond acceptors (Lipinski definition) is 3. The van der Waals surface area contributed by atoms with Gasteiger partial charge in [-0.2, -0.15) is 0 Å². The molecule has 0 heterocycles. The Bertz CT molecular complexity index is 981. The van der Waals surface area contributed by atoms with Gasteiger partial charge in [0.1, 0.15) is 17.2 Å². The lowest BCUT2D eigenvalue weighted by molar-refractivity contribution is 0.304. The molecule has 46 heavy (non-hydrogen) atoms. The molecule has 3 aromatic rings. The minimum absolute atomic E-state index is 0.724. The molecule has 0 aromatic heterocycles. The Morgan fingerprint density at radius 2 is 0.565 bits per heavy atom. The zero-order chi connectivity index (χ0) is 32.5. The van der Waals surface area contributed by atoms with Crippen molar-refractivity contribution in [2.45, 2.75) is 136 Å². The van der Waals surface area contributed by atoms with E-state index in [1.165, 1.54) is 112 Å². The molecule has 0 saturated heterocycles. The van der Waals surface area contributed by atoms with Gasteiger partial charge in [0, 0.05) is 0 Å². The van der Waals surface area contributed by atoms with E-state index in [9.17, 15) is 0 Å². The molecular formula is C42H63O3P. The van der Waals surface area contributed by atoms with Crippen LogP contribution in [0.1, 0.15) is 136 Å². The van der Waals surface area contributed by atoms with Crippen LogP contribution in [0.15, 0.2) is 72.8 Å². The average molecular weight is 647 g/mol. The Labute approximate surface area is 283 Å². The van der Waals surface area contributed by atoms with Crippen molar-refractivity contribution in [2.24, 2.45) is 0 Å². The zero-order valence-electron chi connectivity index (χ0n) is 29.4. The first-order valence-electron chi connectivity index (χ1n) is 18.7. The van der Waals surface area contributed by atoms with E-state index in [1.54, 1.807) is 0 Å². The Kier molecular flexibility index (Phi) is 20.3. The van der Waals surface area contributed by atoms with Crippen molar-refractivity contribution < 1.29 is 14.2 Å². The molecule has 0 fully saturated rings. The van der Waals surface area contributed by atoms with E-state index < -0.39 is 7.92 Å². The molecule has 3 nitrogen and oxygen atoms in total. The van der Waals surface area contributed by atoms with Gasteiger partial charge in [0.05, 0.1) is 19.8 Å². The second-order valence-electron chi connectivity index (χ2n) is 12.7. The summed E-state index contributed by atoms with van der Waals surface area (Å²) >= 11 is 0. The largest absolute Gasteiger partial charge is 0.494 e. The van der Waals surface area contributed by atoms with Crippen molar-refractivity contribution >= 4 is 23.8 Å². The number of hydrogen-bond donors (Lipinski definition) is 0. The maximum atomic E-state index is 6.11. The highest BCUT2D eigenvalue weighted by atomic mass is 31.1. The molecule has 4 heteroatoms. The minimum atomic E-state index is -0.724. The third-order valence-electron chi connectivity index (χ3n) is 8.58. The lowest BCUT2D eigenvalue weighted by Crippen LogP contribution is -2.20. The number of unbranched alkanes of at least 4 members (excludes halogenated alkanes) is 15. The quantitative estimate of drug-likeness (QED) is 0.0609. The van der Waals surface area contributed by atoms with Crippen molar-refractivity contribution in [2.75, 3.05) is 19.8 Å². The number of ether oxygens (including phenoxy) is 3. The average Bonchev–Trinajstić information content (AvgIpc) is 3.09. The summed E-state index contributed by atoms with van der Waals surface area (Å²) in [6.07, 6.45) is 23.0. The van der Waals surface area contributed by atoms with Gasteiger partial charge in [-0.1, -0.05) is 153 Å². The molecule has 0 N–H and O–H groups in total. The highest BCUT2D eigenvalue weighted by molar-refractivity contribution is 7.79. The standard InChI is InChI=1S/C42H63O3P/c1-4-7-10-13-16-19-34-43-37-22-28-40(29-23-37)46(41-30-24-38(25-31-41)44-35-20-17-14-11-8-5-2)42-32-26-39(27-33-42)45-36-21-18-15-12-9-6-3/h22-33H,4-21,34-36H2,1-3H3. The van der Waals surface area contributed by atoms with E-state index in [0.717, 1.165) is 56.3 Å². The minimum Gasteiger partial charge on any atom is -0.494 e. The first-order chi connectivity index (χ1) is 22.7. The molecule has 0 saturated carbocycles. The lowest BCUT2D eigenvalue weighted by atomic mass is 10.1. The zero-order valence-corrected chi connectivity index (χ0v) is 30.3. The molecule has 0 bridgehead atoms. The molecule has 0 atom stereocenters. The van der Waals surface area contributed by atoms with Gasteiger partial charge in [0.2, 0.25) is 0 Å². The molecule has 0 unspecified atom stereocenters. The third-order valence-corrected chi connectivity index (χ3v) is 11.0.